The van der Waals surface area contributed by atoms with Crippen LogP contribution >= 0.6 is 0 Å². The molecule has 160 valence electrons. The van der Waals surface area contributed by atoms with E-state index in [1.807, 2.05) is 0 Å². The summed E-state index contributed by atoms with van der Waals surface area (Å²) in [5.74, 6) is -0.741. The second-order valence-electron chi connectivity index (χ2n) is 6.14. The van der Waals surface area contributed by atoms with Gasteiger partial charge in [0.25, 0.3) is 5.91 Å². The van der Waals surface area contributed by atoms with Crippen molar-refractivity contribution in [2.24, 2.45) is 16.6 Å². The van der Waals surface area contributed by atoms with E-state index in [0.29, 0.717) is 22.8 Å². The van der Waals surface area contributed by atoms with Gasteiger partial charge >= 0.3 is 5.97 Å². The van der Waals surface area contributed by atoms with E-state index < -0.39 is 11.9 Å². The minimum Gasteiger partial charge on any atom is -0.486 e. The van der Waals surface area contributed by atoms with Gasteiger partial charge in [0, 0.05) is 5.56 Å². The summed E-state index contributed by atoms with van der Waals surface area (Å²) < 4.78 is 28.8. The third-order valence-electron chi connectivity index (χ3n) is 3.82. The van der Waals surface area contributed by atoms with Crippen LogP contribution in [0.3, 0.4) is 0 Å². The number of hydrogen-bond acceptors (Lipinski definition) is 7. The Hall–Kier alpha value is -4.34. The Balaban J connectivity index is 1.53. The fourth-order valence-electron chi connectivity index (χ4n) is 2.32. The number of primary amides is 1. The standard InChI is InChI=1S/C21H18FN3O6/c22-14-3-7-16(8-4-14)28-11-17-9-10-18(30-17)21(27)31-25-20(24)13-1-5-15(6-2-13)29-12-19(23)26/h1-10H,11-12H2,(H2,23,26)(H2,24,25). The molecule has 10 heteroatoms. The quantitative estimate of drug-likeness (QED) is 0.231. The van der Waals surface area contributed by atoms with E-state index in [1.165, 1.54) is 36.4 Å². The van der Waals surface area contributed by atoms with Gasteiger partial charge in [-0.1, -0.05) is 5.16 Å². The molecule has 0 saturated heterocycles. The molecule has 0 radical (unpaired) electrons. The zero-order valence-corrected chi connectivity index (χ0v) is 16.1. The van der Waals surface area contributed by atoms with Crippen LogP contribution in [0.1, 0.15) is 21.9 Å². The summed E-state index contributed by atoms with van der Waals surface area (Å²) in [6.07, 6.45) is 0. The molecule has 1 aromatic heterocycles. The molecule has 3 rings (SSSR count). The van der Waals surface area contributed by atoms with Crippen LogP contribution in [0.2, 0.25) is 0 Å². The maximum atomic E-state index is 12.9. The number of halogens is 1. The molecule has 9 nitrogen and oxygen atoms in total. The molecule has 0 atom stereocenters. The molecule has 0 aliphatic rings. The van der Waals surface area contributed by atoms with Crippen LogP contribution in [0.5, 0.6) is 11.5 Å². The number of nitrogens with two attached hydrogens (primary N) is 2. The van der Waals surface area contributed by atoms with Crippen LogP contribution in [0.25, 0.3) is 0 Å². The Kier molecular flexibility index (Phi) is 6.84. The smallest absolute Gasteiger partial charge is 0.400 e. The van der Waals surface area contributed by atoms with E-state index in [0.717, 1.165) is 0 Å². The summed E-state index contributed by atoms with van der Waals surface area (Å²) in [6.45, 7) is -0.213. The van der Waals surface area contributed by atoms with Gasteiger partial charge in [0.2, 0.25) is 5.76 Å². The van der Waals surface area contributed by atoms with E-state index in [9.17, 15) is 14.0 Å². The fourth-order valence-corrected chi connectivity index (χ4v) is 2.32. The summed E-state index contributed by atoms with van der Waals surface area (Å²) >= 11 is 0. The predicted molar refractivity (Wildman–Crippen MR) is 107 cm³/mol. The minimum atomic E-state index is -0.850. The van der Waals surface area contributed by atoms with E-state index in [4.69, 9.17) is 30.2 Å². The van der Waals surface area contributed by atoms with Crippen molar-refractivity contribution in [1.29, 1.82) is 0 Å². The van der Waals surface area contributed by atoms with Gasteiger partial charge in [-0.25, -0.2) is 9.18 Å². The fraction of sp³-hybridized carbons (Fsp3) is 0.0952. The lowest BCUT2D eigenvalue weighted by atomic mass is 10.2. The molecular formula is C21H18FN3O6. The first-order valence-electron chi connectivity index (χ1n) is 8.94. The molecule has 1 heterocycles. The lowest BCUT2D eigenvalue weighted by Gasteiger charge is -2.05. The molecule has 0 aliphatic carbocycles. The van der Waals surface area contributed by atoms with E-state index in [1.54, 1.807) is 24.3 Å². The largest absolute Gasteiger partial charge is 0.486 e. The lowest BCUT2D eigenvalue weighted by molar-refractivity contribution is -0.119. The van der Waals surface area contributed by atoms with E-state index >= 15 is 0 Å². The van der Waals surface area contributed by atoms with Crippen LogP contribution in [-0.2, 0) is 16.2 Å². The Labute approximate surface area is 176 Å². The van der Waals surface area contributed by atoms with Gasteiger partial charge in [-0.05, 0) is 60.7 Å². The summed E-state index contributed by atoms with van der Waals surface area (Å²) in [4.78, 5) is 27.6. The Morgan fingerprint density at radius 3 is 2.23 bits per heavy atom. The maximum absolute atomic E-state index is 12.9. The van der Waals surface area contributed by atoms with Gasteiger partial charge in [-0.2, -0.15) is 0 Å². The van der Waals surface area contributed by atoms with Crippen molar-refractivity contribution >= 4 is 17.7 Å². The number of carbonyl (C=O) groups is 2. The maximum Gasteiger partial charge on any atom is 0.400 e. The number of carbonyl (C=O) groups excluding carboxylic acids is 2. The molecule has 3 aromatic rings. The Morgan fingerprint density at radius 1 is 0.903 bits per heavy atom. The van der Waals surface area contributed by atoms with Crippen LogP contribution in [0, 0.1) is 5.82 Å². The van der Waals surface area contributed by atoms with Crippen molar-refractivity contribution in [3.63, 3.8) is 0 Å². The lowest BCUT2D eigenvalue weighted by Crippen LogP contribution is -2.20. The monoisotopic (exact) mass is 427 g/mol. The topological polar surface area (TPSA) is 139 Å². The summed E-state index contributed by atoms with van der Waals surface area (Å²) in [7, 11) is 0. The first kappa shape index (κ1) is 21.4. The Bertz CT molecular complexity index is 1080. The van der Waals surface area contributed by atoms with Crippen molar-refractivity contribution in [1.82, 2.24) is 0 Å². The highest BCUT2D eigenvalue weighted by Gasteiger charge is 2.14. The molecular weight excluding hydrogens is 409 g/mol. The van der Waals surface area contributed by atoms with Crippen molar-refractivity contribution in [3.05, 3.63) is 83.6 Å². The van der Waals surface area contributed by atoms with Crippen molar-refractivity contribution < 1.29 is 32.7 Å². The second kappa shape index (κ2) is 9.92. The summed E-state index contributed by atoms with van der Waals surface area (Å²) in [6, 6.07) is 14.7. The van der Waals surface area contributed by atoms with Gasteiger partial charge < -0.3 is 30.2 Å². The van der Waals surface area contributed by atoms with Crippen LogP contribution in [0.4, 0.5) is 4.39 Å². The van der Waals surface area contributed by atoms with Crippen molar-refractivity contribution in [2.45, 2.75) is 6.61 Å². The average Bonchev–Trinajstić information content (AvgIpc) is 3.25. The van der Waals surface area contributed by atoms with Crippen LogP contribution < -0.4 is 20.9 Å². The molecule has 1 amide bonds. The van der Waals surface area contributed by atoms with Gasteiger partial charge in [0.05, 0.1) is 0 Å². The highest BCUT2D eigenvalue weighted by molar-refractivity contribution is 5.98. The van der Waals surface area contributed by atoms with Crippen LogP contribution in [0.15, 0.2) is 70.2 Å². The zero-order chi connectivity index (χ0) is 22.2. The molecule has 0 aliphatic heterocycles. The summed E-state index contributed by atoms with van der Waals surface area (Å²) in [5, 5.41) is 3.59. The minimum absolute atomic E-state index is 0.0362. The molecule has 0 fully saturated rings. The molecule has 2 aromatic carbocycles. The SMILES string of the molecule is NC(=O)COc1ccc(/C(N)=N/OC(=O)c2ccc(COc3ccc(F)cc3)o2)cc1. The van der Waals surface area contributed by atoms with Gasteiger partial charge in [0.15, 0.2) is 12.4 Å². The molecule has 31 heavy (non-hydrogen) atoms. The molecule has 0 unspecified atom stereocenters. The predicted octanol–water partition coefficient (Wildman–Crippen LogP) is 2.34. The number of benzene rings is 2. The normalized spacial score (nSPS) is 11.1. The average molecular weight is 427 g/mol. The number of oxime groups is 1. The molecule has 0 saturated carbocycles. The number of amidine groups is 1. The highest BCUT2D eigenvalue weighted by atomic mass is 19.1. The number of hydrogen-bond donors (Lipinski definition) is 2. The summed E-state index contributed by atoms with van der Waals surface area (Å²) in [5.41, 5.74) is 11.3. The third kappa shape index (κ3) is 6.32. The van der Waals surface area contributed by atoms with E-state index in [2.05, 4.69) is 5.16 Å². The highest BCUT2D eigenvalue weighted by Crippen LogP contribution is 2.16. The van der Waals surface area contributed by atoms with Gasteiger partial charge in [-0.15, -0.1) is 0 Å². The Morgan fingerprint density at radius 2 is 1.55 bits per heavy atom. The molecule has 0 spiro atoms. The second-order valence-corrected chi connectivity index (χ2v) is 6.14. The molecule has 0 bridgehead atoms. The number of ether oxygens (including phenoxy) is 2. The number of furan rings is 1. The molecule has 4 N–H and O–H groups in total. The third-order valence-corrected chi connectivity index (χ3v) is 3.82. The number of amides is 1. The van der Waals surface area contributed by atoms with E-state index in [-0.39, 0.29) is 30.6 Å². The van der Waals surface area contributed by atoms with Crippen molar-refractivity contribution in [2.75, 3.05) is 6.61 Å². The number of rotatable bonds is 9. The van der Waals surface area contributed by atoms with Gasteiger partial charge in [0.1, 0.15) is 29.7 Å². The first-order valence-corrected chi connectivity index (χ1v) is 8.94. The van der Waals surface area contributed by atoms with Crippen molar-refractivity contribution in [3.8, 4) is 11.5 Å². The van der Waals surface area contributed by atoms with Gasteiger partial charge in [-0.3, -0.25) is 4.79 Å². The first-order chi connectivity index (χ1) is 14.9. The number of nitrogens with zero attached hydrogens (tertiary/aromatic N) is 1. The zero-order valence-electron chi connectivity index (χ0n) is 16.1. The van der Waals surface area contributed by atoms with Crippen LogP contribution in [-0.4, -0.2) is 24.3 Å².